The van der Waals surface area contributed by atoms with Gasteiger partial charge < -0.3 is 20.7 Å². The highest BCUT2D eigenvalue weighted by atomic mass is 16.5. The first kappa shape index (κ1) is 15.7. The Balaban J connectivity index is 1.95. The molecule has 0 aromatic rings. The molecule has 1 aliphatic carbocycles. The number of hydrogen-bond donors (Lipinski definition) is 2. The number of likely N-dealkylation sites (tertiary alicyclic amines) is 1. The Kier molecular flexibility index (Phi) is 4.42. The molecule has 5 heteroatoms. The van der Waals surface area contributed by atoms with E-state index in [1.807, 2.05) is 20.8 Å². The van der Waals surface area contributed by atoms with Gasteiger partial charge in [-0.1, -0.05) is 13.8 Å². The first-order valence-corrected chi connectivity index (χ1v) is 7.71. The SMILES string of the molecule is CCOC1CC(N)(C(=O)NC2CCCN(C)C2)C1(C)C. The van der Waals surface area contributed by atoms with Crippen LogP contribution in [0.2, 0.25) is 0 Å². The molecule has 2 aliphatic rings. The first-order valence-electron chi connectivity index (χ1n) is 7.71. The van der Waals surface area contributed by atoms with Gasteiger partial charge >= 0.3 is 0 Å². The number of likely N-dealkylation sites (N-methyl/N-ethyl adjacent to an activating group) is 1. The fourth-order valence-electron chi connectivity index (χ4n) is 3.42. The second-order valence-corrected chi connectivity index (χ2v) is 6.92. The number of amides is 1. The van der Waals surface area contributed by atoms with Gasteiger partial charge in [-0.15, -0.1) is 0 Å². The topological polar surface area (TPSA) is 67.6 Å². The standard InChI is InChI=1S/C15H29N3O2/c1-5-20-12-9-15(16,14(12,2)3)13(19)17-11-7-6-8-18(4)10-11/h11-12H,5-10,16H2,1-4H3,(H,17,19). The Labute approximate surface area is 122 Å². The van der Waals surface area contributed by atoms with Crippen LogP contribution in [0.25, 0.3) is 0 Å². The molecular weight excluding hydrogens is 254 g/mol. The fourth-order valence-corrected chi connectivity index (χ4v) is 3.42. The molecule has 1 amide bonds. The third-order valence-corrected chi connectivity index (χ3v) is 5.19. The summed E-state index contributed by atoms with van der Waals surface area (Å²) in [7, 11) is 2.09. The van der Waals surface area contributed by atoms with Gasteiger partial charge in [0, 0.05) is 31.0 Å². The lowest BCUT2D eigenvalue weighted by molar-refractivity contribution is -0.171. The second kappa shape index (κ2) is 5.62. The van der Waals surface area contributed by atoms with Crippen molar-refractivity contribution in [2.45, 2.75) is 57.7 Å². The highest BCUT2D eigenvalue weighted by molar-refractivity contribution is 5.89. The smallest absolute Gasteiger partial charge is 0.241 e. The van der Waals surface area contributed by atoms with Crippen molar-refractivity contribution in [1.82, 2.24) is 10.2 Å². The first-order chi connectivity index (χ1) is 9.31. The molecule has 5 nitrogen and oxygen atoms in total. The van der Waals surface area contributed by atoms with E-state index in [1.54, 1.807) is 0 Å². The number of nitrogens with one attached hydrogen (secondary N) is 1. The molecule has 0 aromatic carbocycles. The molecule has 2 fully saturated rings. The van der Waals surface area contributed by atoms with E-state index in [-0.39, 0.29) is 23.5 Å². The molecule has 3 unspecified atom stereocenters. The highest BCUT2D eigenvalue weighted by Gasteiger charge is 2.63. The lowest BCUT2D eigenvalue weighted by Gasteiger charge is -2.57. The minimum atomic E-state index is -0.803. The van der Waals surface area contributed by atoms with Gasteiger partial charge in [-0.05, 0) is 33.4 Å². The maximum atomic E-state index is 12.6. The number of ether oxygens (including phenoxy) is 1. The van der Waals surface area contributed by atoms with Crippen molar-refractivity contribution >= 4 is 5.91 Å². The van der Waals surface area contributed by atoms with Gasteiger partial charge in [0.2, 0.25) is 5.91 Å². The molecule has 2 rings (SSSR count). The van der Waals surface area contributed by atoms with E-state index in [0.29, 0.717) is 13.0 Å². The third-order valence-electron chi connectivity index (χ3n) is 5.19. The molecule has 116 valence electrons. The maximum absolute atomic E-state index is 12.6. The molecule has 0 radical (unpaired) electrons. The molecule has 0 bridgehead atoms. The molecule has 0 aromatic heterocycles. The van der Waals surface area contributed by atoms with Gasteiger partial charge in [0.05, 0.1) is 6.10 Å². The van der Waals surface area contributed by atoms with Crippen LogP contribution in [-0.4, -0.2) is 55.2 Å². The number of nitrogens with zero attached hydrogens (tertiary/aromatic N) is 1. The summed E-state index contributed by atoms with van der Waals surface area (Å²) in [6, 6.07) is 0.226. The molecule has 0 spiro atoms. The predicted octanol–water partition coefficient (Wildman–Crippen LogP) is 0.729. The van der Waals surface area contributed by atoms with Gasteiger partial charge in [-0.25, -0.2) is 0 Å². The van der Waals surface area contributed by atoms with Crippen LogP contribution >= 0.6 is 0 Å². The Morgan fingerprint density at radius 1 is 1.50 bits per heavy atom. The summed E-state index contributed by atoms with van der Waals surface area (Å²) in [6.07, 6.45) is 2.87. The van der Waals surface area contributed by atoms with Crippen molar-refractivity contribution in [3.05, 3.63) is 0 Å². The number of hydrogen-bond acceptors (Lipinski definition) is 4. The second-order valence-electron chi connectivity index (χ2n) is 6.92. The number of piperidine rings is 1. The zero-order chi connectivity index (χ0) is 15.0. The largest absolute Gasteiger partial charge is 0.378 e. The van der Waals surface area contributed by atoms with Crippen molar-refractivity contribution in [1.29, 1.82) is 0 Å². The van der Waals surface area contributed by atoms with Crippen LogP contribution in [0.5, 0.6) is 0 Å². The summed E-state index contributed by atoms with van der Waals surface area (Å²) >= 11 is 0. The highest BCUT2D eigenvalue weighted by Crippen LogP contribution is 2.49. The number of carbonyl (C=O) groups is 1. The molecule has 20 heavy (non-hydrogen) atoms. The van der Waals surface area contributed by atoms with E-state index >= 15 is 0 Å². The van der Waals surface area contributed by atoms with Gasteiger partial charge in [-0.3, -0.25) is 4.79 Å². The molecule has 1 saturated heterocycles. The van der Waals surface area contributed by atoms with Crippen molar-refractivity contribution in [3.63, 3.8) is 0 Å². The molecule has 1 aliphatic heterocycles. The van der Waals surface area contributed by atoms with Crippen LogP contribution < -0.4 is 11.1 Å². The van der Waals surface area contributed by atoms with E-state index in [1.165, 1.54) is 0 Å². The Morgan fingerprint density at radius 3 is 2.75 bits per heavy atom. The lowest BCUT2D eigenvalue weighted by atomic mass is 9.54. The van der Waals surface area contributed by atoms with Gasteiger partial charge in [0.1, 0.15) is 5.54 Å². The van der Waals surface area contributed by atoms with Crippen LogP contribution in [0.15, 0.2) is 0 Å². The zero-order valence-electron chi connectivity index (χ0n) is 13.2. The maximum Gasteiger partial charge on any atom is 0.241 e. The molecular formula is C15H29N3O2. The monoisotopic (exact) mass is 283 g/mol. The van der Waals surface area contributed by atoms with E-state index in [2.05, 4.69) is 17.3 Å². The molecule has 3 N–H and O–H groups in total. The fraction of sp³-hybridized carbons (Fsp3) is 0.933. The van der Waals surface area contributed by atoms with Gasteiger partial charge in [-0.2, -0.15) is 0 Å². The zero-order valence-corrected chi connectivity index (χ0v) is 13.2. The minimum Gasteiger partial charge on any atom is -0.378 e. The van der Waals surface area contributed by atoms with Crippen molar-refractivity contribution < 1.29 is 9.53 Å². The lowest BCUT2D eigenvalue weighted by Crippen LogP contribution is -2.76. The van der Waals surface area contributed by atoms with Crippen LogP contribution in [0.1, 0.15) is 40.0 Å². The van der Waals surface area contributed by atoms with Crippen LogP contribution in [0.4, 0.5) is 0 Å². The van der Waals surface area contributed by atoms with Crippen molar-refractivity contribution in [2.75, 3.05) is 26.7 Å². The summed E-state index contributed by atoms with van der Waals surface area (Å²) in [5.41, 5.74) is 5.28. The van der Waals surface area contributed by atoms with Gasteiger partial charge in [0.15, 0.2) is 0 Å². The number of nitrogens with two attached hydrogens (primary N) is 1. The summed E-state index contributed by atoms with van der Waals surface area (Å²) < 4.78 is 5.68. The Bertz CT molecular complexity index is 372. The number of rotatable bonds is 4. The van der Waals surface area contributed by atoms with Crippen molar-refractivity contribution in [3.8, 4) is 0 Å². The number of carbonyl (C=O) groups excluding carboxylic acids is 1. The predicted molar refractivity (Wildman–Crippen MR) is 79.4 cm³/mol. The Morgan fingerprint density at radius 2 is 2.20 bits per heavy atom. The summed E-state index contributed by atoms with van der Waals surface area (Å²) in [4.78, 5) is 14.8. The van der Waals surface area contributed by atoms with E-state index < -0.39 is 5.54 Å². The van der Waals surface area contributed by atoms with Crippen LogP contribution in [0, 0.1) is 5.41 Å². The Hall–Kier alpha value is -0.650. The summed E-state index contributed by atoms with van der Waals surface area (Å²) in [6.45, 7) is 8.73. The normalized spacial score (nSPS) is 37.2. The average molecular weight is 283 g/mol. The molecule has 3 atom stereocenters. The van der Waals surface area contributed by atoms with E-state index in [4.69, 9.17) is 10.5 Å². The quantitative estimate of drug-likeness (QED) is 0.798. The average Bonchev–Trinajstić information content (AvgIpc) is 2.38. The minimum absolute atomic E-state index is 0.0150. The van der Waals surface area contributed by atoms with E-state index in [9.17, 15) is 4.79 Å². The van der Waals surface area contributed by atoms with Crippen molar-refractivity contribution in [2.24, 2.45) is 11.1 Å². The van der Waals surface area contributed by atoms with Gasteiger partial charge in [0.25, 0.3) is 0 Å². The van der Waals surface area contributed by atoms with Crippen LogP contribution in [0.3, 0.4) is 0 Å². The molecule has 1 heterocycles. The van der Waals surface area contributed by atoms with E-state index in [0.717, 1.165) is 25.9 Å². The van der Waals surface area contributed by atoms with Crippen LogP contribution in [-0.2, 0) is 9.53 Å². The summed E-state index contributed by atoms with van der Waals surface area (Å²) in [5, 5.41) is 3.15. The summed E-state index contributed by atoms with van der Waals surface area (Å²) in [5.74, 6) is -0.0150. The third kappa shape index (κ3) is 2.59. The molecule has 1 saturated carbocycles.